The minimum Gasteiger partial charge on any atom is -0.483 e. The number of hydrogen-bond donors (Lipinski definition) is 1. The van der Waals surface area contributed by atoms with Crippen LogP contribution in [0, 0.1) is 58.5 Å². The highest BCUT2D eigenvalue weighted by atomic mass is 19.1. The molecule has 0 aliphatic heterocycles. The van der Waals surface area contributed by atoms with Gasteiger partial charge in [-0.15, -0.1) is 0 Å². The lowest BCUT2D eigenvalue weighted by molar-refractivity contribution is -0.134. The molecule has 5 rings (SSSR count). The van der Waals surface area contributed by atoms with Crippen molar-refractivity contribution in [2.45, 2.75) is 77.7 Å². The predicted octanol–water partition coefficient (Wildman–Crippen LogP) is 6.18. The zero-order valence-corrected chi connectivity index (χ0v) is 20.2. The molecule has 1 aromatic rings. The number of benzene rings is 1. The number of Topliss-reactive ketones (excluding diaryl/α,β-unsaturated/α-hetero) is 1. The second-order valence-corrected chi connectivity index (χ2v) is 12.2. The standard InChI is InChI=1S/C28H38F2O3/c1-16-12-22(24(31)15-33-25-7-5-18(29)13-23(25)30)28(3)11-9-20-19-8-10-27(2,32)14-17(19)4-6-21(20)26(16)28/h5,7,13,16-17,19-22,26,32H,4,6,8-12,14-15H2,1-3H3/t16-,17-,19+,20?,21-,22-,26+,27-,28-/m1/s1. The molecule has 1 N–H and O–H groups in total. The van der Waals surface area contributed by atoms with Crippen molar-refractivity contribution in [3.8, 4) is 5.75 Å². The molecular weight excluding hydrogens is 422 g/mol. The van der Waals surface area contributed by atoms with Gasteiger partial charge in [-0.1, -0.05) is 13.8 Å². The van der Waals surface area contributed by atoms with E-state index in [0.717, 1.165) is 56.1 Å². The Morgan fingerprint density at radius 1 is 1.09 bits per heavy atom. The van der Waals surface area contributed by atoms with Crippen LogP contribution >= 0.6 is 0 Å². The molecule has 4 fully saturated rings. The summed E-state index contributed by atoms with van der Waals surface area (Å²) in [7, 11) is 0. The van der Waals surface area contributed by atoms with Gasteiger partial charge in [-0.05, 0) is 111 Å². The predicted molar refractivity (Wildman–Crippen MR) is 123 cm³/mol. The first-order chi connectivity index (χ1) is 15.6. The number of fused-ring (bicyclic) bond motifs is 5. The Hall–Kier alpha value is -1.49. The summed E-state index contributed by atoms with van der Waals surface area (Å²) < 4.78 is 32.6. The number of carbonyl (C=O) groups is 1. The third-order valence-electron chi connectivity index (χ3n) is 10.2. The Balaban J connectivity index is 1.30. The smallest absolute Gasteiger partial charge is 0.173 e. The average Bonchev–Trinajstić information content (AvgIpc) is 3.02. The maximum absolute atomic E-state index is 14.0. The molecule has 0 amide bonds. The summed E-state index contributed by atoms with van der Waals surface area (Å²) in [6.07, 6.45) is 8.51. The summed E-state index contributed by atoms with van der Waals surface area (Å²) in [5, 5.41) is 10.6. The van der Waals surface area contributed by atoms with Gasteiger partial charge >= 0.3 is 0 Å². The van der Waals surface area contributed by atoms with Crippen molar-refractivity contribution in [3.05, 3.63) is 29.8 Å². The Labute approximate surface area is 196 Å². The molecule has 0 heterocycles. The number of aliphatic hydroxyl groups is 1. The van der Waals surface area contributed by atoms with Crippen LogP contribution in [-0.4, -0.2) is 23.1 Å². The van der Waals surface area contributed by atoms with Crippen LogP contribution in [0.4, 0.5) is 8.78 Å². The molecule has 182 valence electrons. The summed E-state index contributed by atoms with van der Waals surface area (Å²) in [4.78, 5) is 13.3. The van der Waals surface area contributed by atoms with Gasteiger partial charge in [0, 0.05) is 12.0 Å². The molecule has 33 heavy (non-hydrogen) atoms. The largest absolute Gasteiger partial charge is 0.483 e. The molecule has 0 aromatic heterocycles. The van der Waals surface area contributed by atoms with Crippen molar-refractivity contribution in [2.24, 2.45) is 46.8 Å². The van der Waals surface area contributed by atoms with Crippen LogP contribution in [-0.2, 0) is 4.79 Å². The van der Waals surface area contributed by atoms with E-state index >= 15 is 0 Å². The highest BCUT2D eigenvalue weighted by molar-refractivity contribution is 5.83. The quantitative estimate of drug-likeness (QED) is 0.584. The van der Waals surface area contributed by atoms with Crippen LogP contribution in [0.25, 0.3) is 0 Å². The molecular formula is C28H38F2O3. The number of carbonyl (C=O) groups excluding carboxylic acids is 1. The number of ether oxygens (including phenoxy) is 1. The van der Waals surface area contributed by atoms with E-state index in [2.05, 4.69) is 13.8 Å². The zero-order valence-electron chi connectivity index (χ0n) is 20.2. The Morgan fingerprint density at radius 3 is 2.61 bits per heavy atom. The van der Waals surface area contributed by atoms with E-state index in [1.807, 2.05) is 6.92 Å². The van der Waals surface area contributed by atoms with Crippen molar-refractivity contribution in [2.75, 3.05) is 6.61 Å². The van der Waals surface area contributed by atoms with Gasteiger partial charge in [0.2, 0.25) is 0 Å². The van der Waals surface area contributed by atoms with Gasteiger partial charge in [-0.2, -0.15) is 0 Å². The first-order valence-electron chi connectivity index (χ1n) is 12.9. The van der Waals surface area contributed by atoms with E-state index in [-0.39, 0.29) is 29.5 Å². The molecule has 0 radical (unpaired) electrons. The fraction of sp³-hybridized carbons (Fsp3) is 0.750. The molecule has 3 nitrogen and oxygen atoms in total. The molecule has 0 spiro atoms. The van der Waals surface area contributed by atoms with Crippen molar-refractivity contribution in [1.29, 1.82) is 0 Å². The summed E-state index contributed by atoms with van der Waals surface area (Å²) >= 11 is 0. The normalized spacial score (nSPS) is 44.5. The SMILES string of the molecule is C[C@@H]1C[C@H](C(=O)COc2ccc(F)cc2F)[C@@]2(C)CCC3[C@H]4CC[C@@](C)(O)C[C@H]4CC[C@H]3[C@H]12. The summed E-state index contributed by atoms with van der Waals surface area (Å²) in [5.74, 6) is 2.28. The topological polar surface area (TPSA) is 46.5 Å². The van der Waals surface area contributed by atoms with Crippen LogP contribution < -0.4 is 4.74 Å². The lowest BCUT2D eigenvalue weighted by Gasteiger charge is -2.57. The second kappa shape index (κ2) is 8.32. The first-order valence-corrected chi connectivity index (χ1v) is 12.9. The van der Waals surface area contributed by atoms with Crippen LogP contribution in [0.5, 0.6) is 5.75 Å². The maximum Gasteiger partial charge on any atom is 0.173 e. The fourth-order valence-corrected chi connectivity index (χ4v) is 8.96. The van der Waals surface area contributed by atoms with Crippen LogP contribution in [0.3, 0.4) is 0 Å². The highest BCUT2D eigenvalue weighted by Gasteiger charge is 2.61. The van der Waals surface area contributed by atoms with E-state index in [1.54, 1.807) is 0 Å². The third-order valence-corrected chi connectivity index (χ3v) is 10.2. The van der Waals surface area contributed by atoms with Crippen LogP contribution in [0.1, 0.15) is 72.1 Å². The van der Waals surface area contributed by atoms with Gasteiger partial charge in [0.05, 0.1) is 5.60 Å². The minimum absolute atomic E-state index is 0.0324. The van der Waals surface area contributed by atoms with Gasteiger partial charge in [-0.25, -0.2) is 8.78 Å². The summed E-state index contributed by atoms with van der Waals surface area (Å²) in [6.45, 7) is 6.48. The Kier molecular flexibility index (Phi) is 5.86. The molecule has 5 heteroatoms. The fourth-order valence-electron chi connectivity index (χ4n) is 8.96. The minimum atomic E-state index is -0.768. The molecule has 4 aliphatic carbocycles. The second-order valence-electron chi connectivity index (χ2n) is 12.2. The summed E-state index contributed by atoms with van der Waals surface area (Å²) in [6, 6.07) is 3.20. The maximum atomic E-state index is 14.0. The van der Waals surface area contributed by atoms with Crippen molar-refractivity contribution in [1.82, 2.24) is 0 Å². The van der Waals surface area contributed by atoms with Crippen molar-refractivity contribution < 1.29 is 23.4 Å². The zero-order chi connectivity index (χ0) is 23.5. The number of rotatable bonds is 4. The first kappa shape index (κ1) is 23.3. The Bertz CT molecular complexity index is 914. The number of halogens is 2. The molecule has 4 aliphatic rings. The van der Waals surface area contributed by atoms with Gasteiger partial charge in [0.15, 0.2) is 17.3 Å². The van der Waals surface area contributed by atoms with E-state index in [1.165, 1.54) is 25.3 Å². The summed E-state index contributed by atoms with van der Waals surface area (Å²) in [5.41, 5.74) is -0.533. The number of ketones is 1. The average molecular weight is 461 g/mol. The van der Waals surface area contributed by atoms with Gasteiger partial charge in [-0.3, -0.25) is 4.79 Å². The lowest BCUT2D eigenvalue weighted by atomic mass is 9.48. The third kappa shape index (κ3) is 4.02. The van der Waals surface area contributed by atoms with Gasteiger partial charge in [0.1, 0.15) is 12.4 Å². The van der Waals surface area contributed by atoms with E-state index in [4.69, 9.17) is 4.74 Å². The molecule has 1 unspecified atom stereocenters. The van der Waals surface area contributed by atoms with E-state index in [0.29, 0.717) is 23.7 Å². The molecule has 4 saturated carbocycles. The van der Waals surface area contributed by atoms with Crippen molar-refractivity contribution >= 4 is 5.78 Å². The van der Waals surface area contributed by atoms with Crippen LogP contribution in [0.2, 0.25) is 0 Å². The van der Waals surface area contributed by atoms with Gasteiger partial charge < -0.3 is 9.84 Å². The molecule has 9 atom stereocenters. The molecule has 0 saturated heterocycles. The van der Waals surface area contributed by atoms with Gasteiger partial charge in [0.25, 0.3) is 0 Å². The molecule has 0 bridgehead atoms. The monoisotopic (exact) mass is 460 g/mol. The Morgan fingerprint density at radius 2 is 1.85 bits per heavy atom. The van der Waals surface area contributed by atoms with E-state index in [9.17, 15) is 18.7 Å². The van der Waals surface area contributed by atoms with Crippen LogP contribution in [0.15, 0.2) is 18.2 Å². The molecule has 1 aromatic carbocycles. The highest BCUT2D eigenvalue weighted by Crippen LogP contribution is 2.66. The van der Waals surface area contributed by atoms with Crippen molar-refractivity contribution in [3.63, 3.8) is 0 Å². The lowest BCUT2D eigenvalue weighted by Crippen LogP contribution is -2.52. The number of hydrogen-bond acceptors (Lipinski definition) is 3. The van der Waals surface area contributed by atoms with E-state index < -0.39 is 17.2 Å².